The van der Waals surface area contributed by atoms with Crippen LogP contribution in [-0.2, 0) is 4.74 Å². The first kappa shape index (κ1) is 23.1. The van der Waals surface area contributed by atoms with Gasteiger partial charge in [-0.2, -0.15) is 0 Å². The number of benzene rings is 2. The Hall–Kier alpha value is -3.15. The number of unbranched alkanes of at least 4 members (excludes halogenated alkanes) is 2. The molecule has 162 valence electrons. The highest BCUT2D eigenvalue weighted by Crippen LogP contribution is 2.20. The number of carbonyl (C=O) groups excluding carboxylic acids is 1. The summed E-state index contributed by atoms with van der Waals surface area (Å²) in [5.74, 6) is 2.63. The summed E-state index contributed by atoms with van der Waals surface area (Å²) in [7, 11) is 3.20. The Morgan fingerprint density at radius 1 is 0.867 bits per heavy atom. The number of rotatable bonds is 12. The van der Waals surface area contributed by atoms with Crippen molar-refractivity contribution in [2.75, 3.05) is 20.8 Å². The molecule has 2 aromatic rings. The lowest BCUT2D eigenvalue weighted by molar-refractivity contribution is 0.109. The monoisotopic (exact) mass is 414 g/mol. The van der Waals surface area contributed by atoms with Crippen molar-refractivity contribution in [3.8, 4) is 23.0 Å². The van der Waals surface area contributed by atoms with Gasteiger partial charge in [-0.1, -0.05) is 19.8 Å². The highest BCUT2D eigenvalue weighted by molar-refractivity contribution is 5.64. The predicted octanol–water partition coefficient (Wildman–Crippen LogP) is 5.80. The van der Waals surface area contributed by atoms with E-state index in [0.29, 0.717) is 11.5 Å². The summed E-state index contributed by atoms with van der Waals surface area (Å²) in [6.45, 7) is 2.27. The molecule has 2 aromatic carbocycles. The quantitative estimate of drug-likeness (QED) is 0.189. The van der Waals surface area contributed by atoms with E-state index in [1.807, 2.05) is 30.3 Å². The van der Waals surface area contributed by atoms with E-state index in [1.165, 1.54) is 0 Å². The van der Waals surface area contributed by atoms with E-state index in [0.717, 1.165) is 37.2 Å². The van der Waals surface area contributed by atoms with Gasteiger partial charge in [0.15, 0.2) is 0 Å². The molecule has 6 heteroatoms. The van der Waals surface area contributed by atoms with Crippen molar-refractivity contribution in [1.82, 2.24) is 0 Å². The Morgan fingerprint density at radius 2 is 1.43 bits per heavy atom. The fraction of sp³-hybridized carbons (Fsp3) is 0.375. The molecule has 1 atom stereocenters. The van der Waals surface area contributed by atoms with Gasteiger partial charge < -0.3 is 23.7 Å². The lowest BCUT2D eigenvalue weighted by atomic mass is 10.1. The van der Waals surface area contributed by atoms with E-state index in [1.54, 1.807) is 44.6 Å². The second-order valence-electron chi connectivity index (χ2n) is 6.59. The lowest BCUT2D eigenvalue weighted by Crippen LogP contribution is -2.15. The lowest BCUT2D eigenvalue weighted by Gasteiger charge is -2.16. The molecule has 0 unspecified atom stereocenters. The van der Waals surface area contributed by atoms with E-state index >= 15 is 0 Å². The molecule has 0 aromatic heterocycles. The van der Waals surface area contributed by atoms with Gasteiger partial charge in [-0.05, 0) is 73.5 Å². The average Bonchev–Trinajstić information content (AvgIpc) is 2.77. The number of hydrogen-bond donors (Lipinski definition) is 0. The highest BCUT2D eigenvalue weighted by atomic mass is 16.7. The van der Waals surface area contributed by atoms with Gasteiger partial charge in [0.25, 0.3) is 0 Å². The van der Waals surface area contributed by atoms with Gasteiger partial charge in [-0.15, -0.1) is 0 Å². The second-order valence-corrected chi connectivity index (χ2v) is 6.59. The highest BCUT2D eigenvalue weighted by Gasteiger charge is 2.08. The molecule has 6 nitrogen and oxygen atoms in total. The molecule has 2 rings (SSSR count). The third kappa shape index (κ3) is 8.47. The van der Waals surface area contributed by atoms with E-state index < -0.39 is 6.16 Å². The first-order valence-corrected chi connectivity index (χ1v) is 10.1. The standard InChI is InChI=1S/C24H30O6/c1-4-5-6-8-21(29-22-14-10-19(26-2)11-15-22)9-7-18-28-24(25)30-23-16-12-20(27-3)13-17-23/h7,9-17,21H,4-6,8,18H2,1-3H3/b9-7+/t21-/m1/s1. The van der Waals surface area contributed by atoms with Crippen LogP contribution in [0, 0.1) is 0 Å². The van der Waals surface area contributed by atoms with E-state index in [2.05, 4.69) is 6.92 Å². The molecule has 0 heterocycles. The van der Waals surface area contributed by atoms with Gasteiger partial charge in [0.2, 0.25) is 0 Å². The van der Waals surface area contributed by atoms with Crippen LogP contribution in [0.25, 0.3) is 0 Å². The molecule has 0 amide bonds. The van der Waals surface area contributed by atoms with Crippen molar-refractivity contribution in [1.29, 1.82) is 0 Å². The molecule has 0 spiro atoms. The summed E-state index contributed by atoms with van der Waals surface area (Å²) in [6.07, 6.45) is 7.04. The second kappa shape index (κ2) is 13.1. The summed E-state index contributed by atoms with van der Waals surface area (Å²) in [6, 6.07) is 14.2. The molecule has 0 aliphatic rings. The number of ether oxygens (including phenoxy) is 5. The van der Waals surface area contributed by atoms with E-state index in [-0.39, 0.29) is 12.7 Å². The van der Waals surface area contributed by atoms with Gasteiger partial charge in [0, 0.05) is 0 Å². The van der Waals surface area contributed by atoms with E-state index in [9.17, 15) is 4.79 Å². The van der Waals surface area contributed by atoms with Crippen molar-refractivity contribution in [3.05, 3.63) is 60.7 Å². The van der Waals surface area contributed by atoms with Gasteiger partial charge in [0.05, 0.1) is 14.2 Å². The Bertz CT molecular complexity index is 767. The molecule has 30 heavy (non-hydrogen) atoms. The smallest absolute Gasteiger partial charge is 0.497 e. The van der Waals surface area contributed by atoms with Crippen LogP contribution in [0.1, 0.15) is 32.6 Å². The van der Waals surface area contributed by atoms with Gasteiger partial charge in [0.1, 0.15) is 35.7 Å². The predicted molar refractivity (Wildman–Crippen MR) is 116 cm³/mol. The van der Waals surface area contributed by atoms with Crippen LogP contribution in [0.3, 0.4) is 0 Å². The topological polar surface area (TPSA) is 63.2 Å². The summed E-state index contributed by atoms with van der Waals surface area (Å²) >= 11 is 0. The molecule has 0 aliphatic heterocycles. The van der Waals surface area contributed by atoms with Crippen molar-refractivity contribution in [3.63, 3.8) is 0 Å². The molecule has 0 fully saturated rings. The van der Waals surface area contributed by atoms with Crippen LogP contribution in [0.5, 0.6) is 23.0 Å². The number of hydrogen-bond acceptors (Lipinski definition) is 6. The van der Waals surface area contributed by atoms with Crippen LogP contribution in [0.2, 0.25) is 0 Å². The minimum absolute atomic E-state index is 0.102. The molecular weight excluding hydrogens is 384 g/mol. The normalized spacial score (nSPS) is 11.7. The third-order valence-electron chi connectivity index (χ3n) is 4.35. The number of methoxy groups -OCH3 is 2. The molecule has 0 bridgehead atoms. The van der Waals surface area contributed by atoms with Crippen LogP contribution in [0.15, 0.2) is 60.7 Å². The van der Waals surface area contributed by atoms with Gasteiger partial charge in [-0.25, -0.2) is 4.79 Å². The maximum absolute atomic E-state index is 11.8. The van der Waals surface area contributed by atoms with Crippen molar-refractivity contribution in [2.24, 2.45) is 0 Å². The SMILES string of the molecule is CCCCC[C@H](/C=C/COC(=O)Oc1ccc(OC)cc1)Oc1ccc(OC)cc1. The first-order chi connectivity index (χ1) is 14.6. The first-order valence-electron chi connectivity index (χ1n) is 10.1. The minimum Gasteiger partial charge on any atom is -0.497 e. The summed E-state index contributed by atoms with van der Waals surface area (Å²) in [5, 5.41) is 0. The van der Waals surface area contributed by atoms with Crippen molar-refractivity contribution >= 4 is 6.16 Å². The largest absolute Gasteiger partial charge is 0.514 e. The van der Waals surface area contributed by atoms with Crippen molar-refractivity contribution < 1.29 is 28.5 Å². The maximum Gasteiger partial charge on any atom is 0.514 e. The number of carbonyl (C=O) groups is 1. The molecule has 0 radical (unpaired) electrons. The van der Waals surface area contributed by atoms with Crippen LogP contribution in [-0.4, -0.2) is 33.1 Å². The Morgan fingerprint density at radius 3 is 2.00 bits per heavy atom. The van der Waals surface area contributed by atoms with Crippen LogP contribution >= 0.6 is 0 Å². The zero-order valence-corrected chi connectivity index (χ0v) is 17.8. The van der Waals surface area contributed by atoms with Gasteiger partial charge >= 0.3 is 6.16 Å². The molecule has 0 saturated heterocycles. The molecule has 0 saturated carbocycles. The summed E-state index contributed by atoms with van der Waals surface area (Å²) < 4.78 is 26.5. The average molecular weight is 414 g/mol. The molecule has 0 aliphatic carbocycles. The van der Waals surface area contributed by atoms with Crippen LogP contribution in [0.4, 0.5) is 4.79 Å². The Labute approximate surface area is 178 Å². The molecule has 0 N–H and O–H groups in total. The zero-order chi connectivity index (χ0) is 21.6. The Kier molecular flexibility index (Phi) is 10.1. The fourth-order valence-electron chi connectivity index (χ4n) is 2.71. The van der Waals surface area contributed by atoms with E-state index in [4.69, 9.17) is 23.7 Å². The Balaban J connectivity index is 1.82. The zero-order valence-electron chi connectivity index (χ0n) is 17.8. The molecular formula is C24H30O6. The van der Waals surface area contributed by atoms with Crippen molar-refractivity contribution in [2.45, 2.75) is 38.7 Å². The minimum atomic E-state index is -0.761. The van der Waals surface area contributed by atoms with Crippen LogP contribution < -0.4 is 18.9 Å². The summed E-state index contributed by atoms with van der Waals surface area (Å²) in [5.41, 5.74) is 0. The summed E-state index contributed by atoms with van der Waals surface area (Å²) in [4.78, 5) is 11.8. The van der Waals surface area contributed by atoms with Gasteiger partial charge in [-0.3, -0.25) is 0 Å². The maximum atomic E-state index is 11.8. The fourth-order valence-corrected chi connectivity index (χ4v) is 2.71. The third-order valence-corrected chi connectivity index (χ3v) is 4.35.